The number of hydrogen-bond donors (Lipinski definition) is 2. The van der Waals surface area contributed by atoms with E-state index in [4.69, 9.17) is 9.47 Å². The third-order valence-electron chi connectivity index (χ3n) is 3.95. The largest absolute Gasteiger partial charge is 0.508 e. The third kappa shape index (κ3) is 6.66. The molecule has 0 heterocycles. The lowest BCUT2D eigenvalue weighted by molar-refractivity contribution is 0.0955. The van der Waals surface area contributed by atoms with Crippen molar-refractivity contribution in [3.05, 3.63) is 53.6 Å². The van der Waals surface area contributed by atoms with Crippen LogP contribution in [0.5, 0.6) is 17.2 Å². The number of amides is 1. The number of phenolic OH excluding ortho intramolecular Hbond substituents is 1. The van der Waals surface area contributed by atoms with E-state index >= 15 is 0 Å². The highest BCUT2D eigenvalue weighted by Gasteiger charge is 2.06. The second-order valence-corrected chi connectivity index (χ2v) is 6.07. The lowest BCUT2D eigenvalue weighted by atomic mass is 10.2. The summed E-state index contributed by atoms with van der Waals surface area (Å²) in [7, 11) is 1.59. The first-order chi connectivity index (χ1) is 13.1. The number of carbonyl (C=O) groups excluding carboxylic acids is 1. The van der Waals surface area contributed by atoms with E-state index in [1.165, 1.54) is 43.3 Å². The van der Waals surface area contributed by atoms with Gasteiger partial charge in [0.05, 0.1) is 19.9 Å². The van der Waals surface area contributed by atoms with Crippen molar-refractivity contribution >= 4 is 12.1 Å². The van der Waals surface area contributed by atoms with E-state index in [-0.39, 0.29) is 11.7 Å². The first kappa shape index (κ1) is 20.3. The first-order valence-electron chi connectivity index (χ1n) is 9.07. The van der Waals surface area contributed by atoms with Crippen LogP contribution in [0.3, 0.4) is 0 Å². The Hall–Kier alpha value is -3.02. The standard InChI is InChI=1S/C21H26N2O4/c1-3-4-5-6-13-27-19-12-7-16(14-20(19)26-2)15-22-23-21(25)17-8-10-18(24)11-9-17/h7-12,14-15,24H,3-6,13H2,1-2H3,(H,23,25)/b22-15-. The number of nitrogens with zero attached hydrogens (tertiary/aromatic N) is 1. The van der Waals surface area contributed by atoms with Crippen LogP contribution in [0.15, 0.2) is 47.6 Å². The van der Waals surface area contributed by atoms with Crippen molar-refractivity contribution < 1.29 is 19.4 Å². The van der Waals surface area contributed by atoms with Crippen LogP contribution in [0.1, 0.15) is 48.5 Å². The van der Waals surface area contributed by atoms with E-state index in [2.05, 4.69) is 17.5 Å². The monoisotopic (exact) mass is 370 g/mol. The van der Waals surface area contributed by atoms with Gasteiger partial charge in [-0.3, -0.25) is 4.79 Å². The number of hydrazone groups is 1. The number of phenols is 1. The smallest absolute Gasteiger partial charge is 0.271 e. The van der Waals surface area contributed by atoms with Gasteiger partial charge in [0.2, 0.25) is 0 Å². The van der Waals surface area contributed by atoms with E-state index in [0.29, 0.717) is 23.7 Å². The molecule has 2 rings (SSSR count). The topological polar surface area (TPSA) is 80.2 Å². The fourth-order valence-electron chi connectivity index (χ4n) is 2.44. The summed E-state index contributed by atoms with van der Waals surface area (Å²) in [6, 6.07) is 11.4. The SMILES string of the molecule is CCCCCCOc1ccc(/C=N\NC(=O)c2ccc(O)cc2)cc1OC. The van der Waals surface area contributed by atoms with Crippen molar-refractivity contribution in [2.24, 2.45) is 5.10 Å². The number of unbranched alkanes of at least 4 members (excludes halogenated alkanes) is 3. The van der Waals surface area contributed by atoms with Gasteiger partial charge in [0.25, 0.3) is 5.91 Å². The molecule has 2 aromatic rings. The zero-order valence-electron chi connectivity index (χ0n) is 15.8. The molecule has 0 unspecified atom stereocenters. The maximum Gasteiger partial charge on any atom is 0.271 e. The summed E-state index contributed by atoms with van der Waals surface area (Å²) >= 11 is 0. The molecule has 2 N–H and O–H groups in total. The first-order valence-corrected chi connectivity index (χ1v) is 9.07. The number of hydrogen-bond acceptors (Lipinski definition) is 5. The van der Waals surface area contributed by atoms with Gasteiger partial charge in [-0.2, -0.15) is 5.10 Å². The second kappa shape index (κ2) is 10.9. The minimum absolute atomic E-state index is 0.106. The molecule has 27 heavy (non-hydrogen) atoms. The molecule has 0 saturated carbocycles. The van der Waals surface area contributed by atoms with Crippen LogP contribution >= 0.6 is 0 Å². The maximum absolute atomic E-state index is 12.0. The number of nitrogens with one attached hydrogen (secondary N) is 1. The van der Waals surface area contributed by atoms with E-state index in [9.17, 15) is 9.90 Å². The molecule has 144 valence electrons. The molecule has 0 bridgehead atoms. The Bertz CT molecular complexity index is 757. The van der Waals surface area contributed by atoms with Gasteiger partial charge in [-0.15, -0.1) is 0 Å². The van der Waals surface area contributed by atoms with E-state index in [0.717, 1.165) is 18.4 Å². The lowest BCUT2D eigenvalue weighted by Crippen LogP contribution is -2.17. The Labute approximate surface area is 159 Å². The summed E-state index contributed by atoms with van der Waals surface area (Å²) < 4.78 is 11.2. The number of ether oxygens (including phenoxy) is 2. The number of benzene rings is 2. The Morgan fingerprint density at radius 2 is 1.89 bits per heavy atom. The van der Waals surface area contributed by atoms with Crippen molar-refractivity contribution in [3.8, 4) is 17.2 Å². The highest BCUT2D eigenvalue weighted by Crippen LogP contribution is 2.27. The molecule has 0 fully saturated rings. The Balaban J connectivity index is 1.91. The van der Waals surface area contributed by atoms with E-state index in [1.54, 1.807) is 13.2 Å². The van der Waals surface area contributed by atoms with Gasteiger partial charge < -0.3 is 14.6 Å². The van der Waals surface area contributed by atoms with Crippen LogP contribution in [-0.2, 0) is 0 Å². The Morgan fingerprint density at radius 1 is 1.11 bits per heavy atom. The molecule has 0 atom stereocenters. The molecule has 0 aliphatic carbocycles. The zero-order valence-corrected chi connectivity index (χ0v) is 15.8. The molecule has 6 nitrogen and oxygen atoms in total. The zero-order chi connectivity index (χ0) is 19.5. The van der Waals surface area contributed by atoms with Crippen molar-refractivity contribution in [1.82, 2.24) is 5.43 Å². The van der Waals surface area contributed by atoms with Crippen molar-refractivity contribution in [3.63, 3.8) is 0 Å². The molecule has 0 saturated heterocycles. The Morgan fingerprint density at radius 3 is 2.59 bits per heavy atom. The number of carbonyl (C=O) groups is 1. The van der Waals surface area contributed by atoms with Crippen LogP contribution < -0.4 is 14.9 Å². The van der Waals surface area contributed by atoms with Crippen LogP contribution in [0.25, 0.3) is 0 Å². The van der Waals surface area contributed by atoms with Gasteiger partial charge >= 0.3 is 0 Å². The van der Waals surface area contributed by atoms with Crippen molar-refractivity contribution in [2.45, 2.75) is 32.6 Å². The fraction of sp³-hybridized carbons (Fsp3) is 0.333. The highest BCUT2D eigenvalue weighted by molar-refractivity contribution is 5.95. The minimum Gasteiger partial charge on any atom is -0.508 e. The van der Waals surface area contributed by atoms with Gasteiger partial charge in [-0.05, 0) is 54.4 Å². The maximum atomic E-state index is 12.0. The summed E-state index contributed by atoms with van der Waals surface area (Å²) in [5.41, 5.74) is 3.64. The molecule has 0 aromatic heterocycles. The van der Waals surface area contributed by atoms with Gasteiger partial charge in [-0.25, -0.2) is 5.43 Å². The molecule has 1 amide bonds. The van der Waals surface area contributed by atoms with E-state index < -0.39 is 0 Å². The minimum atomic E-state index is -0.356. The normalized spacial score (nSPS) is 10.7. The average molecular weight is 370 g/mol. The number of rotatable bonds is 10. The summed E-state index contributed by atoms with van der Waals surface area (Å²) in [5.74, 6) is 1.07. The summed E-state index contributed by atoms with van der Waals surface area (Å²) in [6.45, 7) is 2.84. The fourth-order valence-corrected chi connectivity index (χ4v) is 2.44. The number of methoxy groups -OCH3 is 1. The second-order valence-electron chi connectivity index (χ2n) is 6.07. The number of aromatic hydroxyl groups is 1. The third-order valence-corrected chi connectivity index (χ3v) is 3.95. The molecule has 6 heteroatoms. The predicted molar refractivity (Wildman–Crippen MR) is 106 cm³/mol. The molecule has 0 spiro atoms. The van der Waals surface area contributed by atoms with Gasteiger partial charge in [-0.1, -0.05) is 26.2 Å². The summed E-state index contributed by atoms with van der Waals surface area (Å²) in [6.07, 6.45) is 6.12. The van der Waals surface area contributed by atoms with Gasteiger partial charge in [0.15, 0.2) is 11.5 Å². The van der Waals surface area contributed by atoms with Crippen LogP contribution in [0, 0.1) is 0 Å². The average Bonchev–Trinajstić information content (AvgIpc) is 2.69. The van der Waals surface area contributed by atoms with Gasteiger partial charge in [0, 0.05) is 5.56 Å². The van der Waals surface area contributed by atoms with Crippen LogP contribution in [0.4, 0.5) is 0 Å². The molecule has 0 aliphatic heterocycles. The lowest BCUT2D eigenvalue weighted by Gasteiger charge is -2.11. The Kier molecular flexibility index (Phi) is 8.16. The van der Waals surface area contributed by atoms with Crippen LogP contribution in [-0.4, -0.2) is 30.9 Å². The molecule has 0 aliphatic rings. The van der Waals surface area contributed by atoms with Crippen molar-refractivity contribution in [1.29, 1.82) is 0 Å². The van der Waals surface area contributed by atoms with Gasteiger partial charge in [0.1, 0.15) is 5.75 Å². The molecule has 0 radical (unpaired) electrons. The van der Waals surface area contributed by atoms with Crippen molar-refractivity contribution in [2.75, 3.05) is 13.7 Å². The van der Waals surface area contributed by atoms with E-state index in [1.807, 2.05) is 12.1 Å². The summed E-state index contributed by atoms with van der Waals surface area (Å²) in [4.78, 5) is 12.0. The van der Waals surface area contributed by atoms with Crippen LogP contribution in [0.2, 0.25) is 0 Å². The highest BCUT2D eigenvalue weighted by atomic mass is 16.5. The molecule has 2 aromatic carbocycles. The summed E-state index contributed by atoms with van der Waals surface area (Å²) in [5, 5.41) is 13.2. The quantitative estimate of drug-likeness (QED) is 0.374. The predicted octanol–water partition coefficient (Wildman–Crippen LogP) is 4.12. The molecular formula is C21H26N2O4. The molecular weight excluding hydrogens is 344 g/mol.